The fraction of sp³-hybridized carbons (Fsp3) is 0.467. The zero-order chi connectivity index (χ0) is 12.9. The van der Waals surface area contributed by atoms with Crippen molar-refractivity contribution in [2.75, 3.05) is 0 Å². The summed E-state index contributed by atoms with van der Waals surface area (Å²) in [5.41, 5.74) is -0.736. The van der Waals surface area contributed by atoms with Crippen LogP contribution in [0.1, 0.15) is 32.3 Å². The van der Waals surface area contributed by atoms with Crippen molar-refractivity contribution in [3.63, 3.8) is 0 Å². The summed E-state index contributed by atoms with van der Waals surface area (Å²) in [6, 6.07) is 9.82. The quantitative estimate of drug-likeness (QED) is 0.743. The predicted molar refractivity (Wildman–Crippen MR) is 70.8 cm³/mol. The van der Waals surface area contributed by atoms with Crippen molar-refractivity contribution in [1.29, 1.82) is 0 Å². The van der Waals surface area contributed by atoms with Gasteiger partial charge < -0.3 is 10.2 Å². The van der Waals surface area contributed by atoms with Crippen LogP contribution in [0.3, 0.4) is 0 Å². The Labute approximate surface area is 104 Å². The minimum Gasteiger partial charge on any atom is -0.390 e. The van der Waals surface area contributed by atoms with Gasteiger partial charge in [0.15, 0.2) is 0 Å². The van der Waals surface area contributed by atoms with Gasteiger partial charge in [-0.2, -0.15) is 0 Å². The Morgan fingerprint density at radius 3 is 2.24 bits per heavy atom. The normalized spacial score (nSPS) is 18.1. The molecule has 0 aliphatic carbocycles. The molecule has 94 valence electrons. The first-order valence-electron chi connectivity index (χ1n) is 5.94. The number of hydrogen-bond donors (Lipinski definition) is 2. The van der Waals surface area contributed by atoms with E-state index in [0.717, 1.165) is 5.56 Å². The smallest absolute Gasteiger partial charge is 0.0687 e. The number of aliphatic hydroxyl groups is 2. The average molecular weight is 234 g/mol. The minimum absolute atomic E-state index is 0.334. The molecule has 2 nitrogen and oxygen atoms in total. The molecule has 0 saturated carbocycles. The molecule has 2 atom stereocenters. The molecular weight excluding hydrogens is 212 g/mol. The maximum Gasteiger partial charge on any atom is 0.0687 e. The minimum atomic E-state index is -0.909. The Bertz CT molecular complexity index is 352. The van der Waals surface area contributed by atoms with E-state index in [1.165, 1.54) is 0 Å². The zero-order valence-electron chi connectivity index (χ0n) is 10.7. The summed E-state index contributed by atoms with van der Waals surface area (Å²) in [7, 11) is 0. The van der Waals surface area contributed by atoms with Crippen LogP contribution in [0.15, 0.2) is 43.0 Å². The Kier molecular flexibility index (Phi) is 4.49. The average Bonchev–Trinajstić information content (AvgIpc) is 2.15. The monoisotopic (exact) mass is 234 g/mol. The summed E-state index contributed by atoms with van der Waals surface area (Å²) in [5.74, 6) is 0. The van der Waals surface area contributed by atoms with Gasteiger partial charge >= 0.3 is 0 Å². The fourth-order valence-electron chi connectivity index (χ4n) is 2.30. The SMILES string of the molecule is C=CCC(C)(O)CC(C)(O)Cc1ccccc1. The summed E-state index contributed by atoms with van der Waals surface area (Å²) in [4.78, 5) is 0. The number of hydrogen-bond acceptors (Lipinski definition) is 2. The molecule has 0 bridgehead atoms. The molecule has 0 spiro atoms. The third-order valence-electron chi connectivity index (χ3n) is 2.77. The van der Waals surface area contributed by atoms with Crippen molar-refractivity contribution >= 4 is 0 Å². The molecule has 2 heteroatoms. The molecule has 1 aromatic rings. The number of benzene rings is 1. The summed E-state index contributed by atoms with van der Waals surface area (Å²) in [5, 5.41) is 20.4. The van der Waals surface area contributed by atoms with Crippen molar-refractivity contribution in [2.24, 2.45) is 0 Å². The van der Waals surface area contributed by atoms with Crippen molar-refractivity contribution in [3.8, 4) is 0 Å². The molecule has 0 heterocycles. The van der Waals surface area contributed by atoms with Crippen LogP contribution in [-0.4, -0.2) is 21.4 Å². The van der Waals surface area contributed by atoms with Crippen LogP contribution in [0.4, 0.5) is 0 Å². The Morgan fingerprint density at radius 1 is 1.12 bits per heavy atom. The molecule has 0 aliphatic heterocycles. The van der Waals surface area contributed by atoms with E-state index < -0.39 is 11.2 Å². The molecule has 0 saturated heterocycles. The van der Waals surface area contributed by atoms with E-state index in [4.69, 9.17) is 0 Å². The molecule has 0 amide bonds. The third-order valence-corrected chi connectivity index (χ3v) is 2.77. The lowest BCUT2D eigenvalue weighted by Crippen LogP contribution is -2.38. The van der Waals surface area contributed by atoms with Crippen LogP contribution >= 0.6 is 0 Å². The first kappa shape index (κ1) is 13.9. The molecule has 0 aromatic heterocycles. The van der Waals surface area contributed by atoms with Gasteiger partial charge in [-0.25, -0.2) is 0 Å². The molecule has 0 aliphatic rings. The van der Waals surface area contributed by atoms with Crippen molar-refractivity contribution in [1.82, 2.24) is 0 Å². The van der Waals surface area contributed by atoms with Gasteiger partial charge in [0.2, 0.25) is 0 Å². The largest absolute Gasteiger partial charge is 0.390 e. The lowest BCUT2D eigenvalue weighted by molar-refractivity contribution is -0.0430. The molecule has 1 aromatic carbocycles. The van der Waals surface area contributed by atoms with Gasteiger partial charge in [-0.1, -0.05) is 36.4 Å². The lowest BCUT2D eigenvalue weighted by Gasteiger charge is -2.32. The molecule has 1 rings (SSSR count). The van der Waals surface area contributed by atoms with Crippen LogP contribution < -0.4 is 0 Å². The van der Waals surface area contributed by atoms with Gasteiger partial charge in [0.25, 0.3) is 0 Å². The van der Waals surface area contributed by atoms with Crippen molar-refractivity contribution in [3.05, 3.63) is 48.6 Å². The van der Waals surface area contributed by atoms with E-state index in [0.29, 0.717) is 19.3 Å². The fourth-order valence-corrected chi connectivity index (χ4v) is 2.30. The summed E-state index contributed by atoms with van der Waals surface area (Å²) >= 11 is 0. The maximum absolute atomic E-state index is 10.3. The highest BCUT2D eigenvalue weighted by molar-refractivity contribution is 5.17. The highest BCUT2D eigenvalue weighted by Crippen LogP contribution is 2.26. The molecule has 0 fully saturated rings. The summed E-state index contributed by atoms with van der Waals surface area (Å²) < 4.78 is 0. The Morgan fingerprint density at radius 2 is 1.71 bits per heavy atom. The van der Waals surface area contributed by atoms with E-state index in [1.807, 2.05) is 30.3 Å². The Balaban J connectivity index is 2.66. The van der Waals surface area contributed by atoms with E-state index in [-0.39, 0.29) is 0 Å². The van der Waals surface area contributed by atoms with Crippen LogP contribution in [0.25, 0.3) is 0 Å². The van der Waals surface area contributed by atoms with Gasteiger partial charge in [0, 0.05) is 12.8 Å². The second-order valence-electron chi connectivity index (χ2n) is 5.33. The van der Waals surface area contributed by atoms with Crippen LogP contribution in [0, 0.1) is 0 Å². The van der Waals surface area contributed by atoms with Gasteiger partial charge in [-0.3, -0.25) is 0 Å². The zero-order valence-corrected chi connectivity index (χ0v) is 10.7. The topological polar surface area (TPSA) is 40.5 Å². The first-order chi connectivity index (χ1) is 7.85. The summed E-state index contributed by atoms with van der Waals surface area (Å²) in [6.45, 7) is 7.11. The standard InChI is InChI=1S/C15H22O2/c1-4-10-14(2,16)12-15(3,17)11-13-8-6-5-7-9-13/h4-9,16-17H,1,10-12H2,2-3H3. The van der Waals surface area contributed by atoms with Crippen LogP contribution in [0.5, 0.6) is 0 Å². The molecule has 2 unspecified atom stereocenters. The molecule has 2 N–H and O–H groups in total. The van der Waals surface area contributed by atoms with Crippen LogP contribution in [-0.2, 0) is 6.42 Å². The van der Waals surface area contributed by atoms with E-state index >= 15 is 0 Å². The lowest BCUT2D eigenvalue weighted by atomic mass is 9.83. The highest BCUT2D eigenvalue weighted by Gasteiger charge is 2.31. The maximum atomic E-state index is 10.3. The first-order valence-corrected chi connectivity index (χ1v) is 5.94. The predicted octanol–water partition coefficient (Wildman–Crippen LogP) is 2.70. The van der Waals surface area contributed by atoms with E-state index in [9.17, 15) is 10.2 Å². The highest BCUT2D eigenvalue weighted by atomic mass is 16.3. The Hall–Kier alpha value is -1.12. The van der Waals surface area contributed by atoms with Crippen molar-refractivity contribution in [2.45, 2.75) is 44.3 Å². The van der Waals surface area contributed by atoms with Gasteiger partial charge in [0.1, 0.15) is 0 Å². The molecular formula is C15H22O2. The second-order valence-corrected chi connectivity index (χ2v) is 5.33. The second kappa shape index (κ2) is 5.48. The van der Waals surface area contributed by atoms with Gasteiger partial charge in [0.05, 0.1) is 11.2 Å². The van der Waals surface area contributed by atoms with E-state index in [2.05, 4.69) is 6.58 Å². The molecule has 0 radical (unpaired) electrons. The molecule has 17 heavy (non-hydrogen) atoms. The third kappa shape index (κ3) is 5.16. The van der Waals surface area contributed by atoms with Gasteiger partial charge in [-0.05, 0) is 25.8 Å². The number of rotatable bonds is 6. The summed E-state index contributed by atoms with van der Waals surface area (Å²) in [6.07, 6.45) is 3.04. The van der Waals surface area contributed by atoms with Crippen LogP contribution in [0.2, 0.25) is 0 Å². The van der Waals surface area contributed by atoms with Crippen molar-refractivity contribution < 1.29 is 10.2 Å². The van der Waals surface area contributed by atoms with Gasteiger partial charge in [-0.15, -0.1) is 6.58 Å². The van der Waals surface area contributed by atoms with E-state index in [1.54, 1.807) is 19.9 Å².